The highest BCUT2D eigenvalue weighted by atomic mass is 79.9. The first kappa shape index (κ1) is 12.3. The monoisotopic (exact) mass is 294 g/mol. The molecule has 17 heavy (non-hydrogen) atoms. The summed E-state index contributed by atoms with van der Waals surface area (Å²) in [6.45, 7) is 3.36. The molecule has 1 aromatic carbocycles. The van der Waals surface area contributed by atoms with Gasteiger partial charge in [0.25, 0.3) is 0 Å². The van der Waals surface area contributed by atoms with Crippen molar-refractivity contribution in [3.05, 3.63) is 46.0 Å². The fourth-order valence-electron chi connectivity index (χ4n) is 1.85. The third kappa shape index (κ3) is 2.73. The third-order valence-corrected chi connectivity index (χ3v) is 3.15. The lowest BCUT2D eigenvalue weighted by molar-refractivity contribution is 0.668. The summed E-state index contributed by atoms with van der Waals surface area (Å²) < 4.78 is 3.15. The van der Waals surface area contributed by atoms with Crippen molar-refractivity contribution in [2.75, 3.05) is 0 Å². The van der Waals surface area contributed by atoms with Gasteiger partial charge in [0.15, 0.2) is 0 Å². The Balaban J connectivity index is 2.27. The van der Waals surface area contributed by atoms with Crippen LogP contribution in [0.2, 0.25) is 0 Å². The molecule has 0 amide bonds. The maximum absolute atomic E-state index is 5.63. The quantitative estimate of drug-likeness (QED) is 0.940. The minimum atomic E-state index is 0.430. The molecule has 1 aromatic heterocycles. The lowest BCUT2D eigenvalue weighted by atomic mass is 10.1. The van der Waals surface area contributed by atoms with E-state index in [4.69, 9.17) is 5.73 Å². The second-order valence-corrected chi connectivity index (χ2v) is 4.70. The minimum Gasteiger partial charge on any atom is -0.324 e. The highest BCUT2D eigenvalue weighted by Crippen LogP contribution is 2.15. The Bertz CT molecular complexity index is 507. The van der Waals surface area contributed by atoms with E-state index in [0.29, 0.717) is 6.54 Å². The zero-order valence-electron chi connectivity index (χ0n) is 9.73. The number of benzene rings is 1. The first-order valence-electron chi connectivity index (χ1n) is 5.60. The molecule has 0 saturated carbocycles. The summed E-state index contributed by atoms with van der Waals surface area (Å²) in [4.78, 5) is 0. The van der Waals surface area contributed by atoms with E-state index < -0.39 is 0 Å². The van der Waals surface area contributed by atoms with Gasteiger partial charge in [-0.2, -0.15) is 0 Å². The molecule has 0 bridgehead atoms. The van der Waals surface area contributed by atoms with E-state index in [0.717, 1.165) is 29.1 Å². The van der Waals surface area contributed by atoms with Crippen LogP contribution in [0.3, 0.4) is 0 Å². The van der Waals surface area contributed by atoms with Gasteiger partial charge >= 0.3 is 0 Å². The minimum absolute atomic E-state index is 0.430. The summed E-state index contributed by atoms with van der Waals surface area (Å²) in [7, 11) is 0. The molecule has 2 N–H and O–H groups in total. The summed E-state index contributed by atoms with van der Waals surface area (Å²) in [5.41, 5.74) is 6.84. The van der Waals surface area contributed by atoms with Gasteiger partial charge in [-0.15, -0.1) is 10.2 Å². The van der Waals surface area contributed by atoms with Crippen molar-refractivity contribution in [1.29, 1.82) is 0 Å². The van der Waals surface area contributed by atoms with Crippen molar-refractivity contribution in [2.24, 2.45) is 5.73 Å². The Morgan fingerprint density at radius 1 is 1.29 bits per heavy atom. The fourth-order valence-corrected chi connectivity index (χ4v) is 2.30. The molecule has 0 radical (unpaired) electrons. The highest BCUT2D eigenvalue weighted by Gasteiger charge is 2.09. The maximum Gasteiger partial charge on any atom is 0.146 e. The lowest BCUT2D eigenvalue weighted by Gasteiger charge is -2.06. The van der Waals surface area contributed by atoms with E-state index in [9.17, 15) is 0 Å². The molecule has 0 atom stereocenters. The summed E-state index contributed by atoms with van der Waals surface area (Å²) in [5.74, 6) is 1.81. The molecule has 2 aromatic rings. The van der Waals surface area contributed by atoms with Crippen molar-refractivity contribution in [3.63, 3.8) is 0 Å². The Labute approximate surface area is 109 Å². The van der Waals surface area contributed by atoms with Gasteiger partial charge < -0.3 is 10.3 Å². The predicted molar refractivity (Wildman–Crippen MR) is 70.5 cm³/mol. The number of hydrogen-bond donors (Lipinski definition) is 1. The molecule has 0 fully saturated rings. The van der Waals surface area contributed by atoms with Crippen LogP contribution in [0.15, 0.2) is 28.7 Å². The van der Waals surface area contributed by atoms with E-state index >= 15 is 0 Å². The SMILES string of the molecule is CCn1c(CN)nnc1Cc1cccc(Br)c1. The number of rotatable bonds is 4. The number of aromatic nitrogens is 3. The summed E-state index contributed by atoms with van der Waals surface area (Å²) in [6, 6.07) is 8.22. The molecule has 1 heterocycles. The zero-order valence-corrected chi connectivity index (χ0v) is 11.3. The van der Waals surface area contributed by atoms with Gasteiger partial charge in [0.1, 0.15) is 11.6 Å². The van der Waals surface area contributed by atoms with Crippen LogP contribution in [0.1, 0.15) is 24.1 Å². The van der Waals surface area contributed by atoms with Crippen molar-refractivity contribution < 1.29 is 0 Å². The molecular weight excluding hydrogens is 280 g/mol. The summed E-state index contributed by atoms with van der Waals surface area (Å²) >= 11 is 3.47. The van der Waals surface area contributed by atoms with Crippen LogP contribution in [0.5, 0.6) is 0 Å². The molecule has 0 spiro atoms. The molecule has 2 rings (SSSR count). The lowest BCUT2D eigenvalue weighted by Crippen LogP contribution is -2.10. The van der Waals surface area contributed by atoms with Gasteiger partial charge in [-0.1, -0.05) is 28.1 Å². The van der Waals surface area contributed by atoms with Gasteiger partial charge in [0.2, 0.25) is 0 Å². The van der Waals surface area contributed by atoms with Crippen LogP contribution < -0.4 is 5.73 Å². The van der Waals surface area contributed by atoms with Crippen LogP contribution in [-0.2, 0) is 19.5 Å². The van der Waals surface area contributed by atoms with Crippen molar-refractivity contribution in [3.8, 4) is 0 Å². The Morgan fingerprint density at radius 3 is 2.71 bits per heavy atom. The molecular formula is C12H15BrN4. The van der Waals surface area contributed by atoms with Crippen molar-refractivity contribution in [1.82, 2.24) is 14.8 Å². The normalized spacial score (nSPS) is 10.8. The van der Waals surface area contributed by atoms with Gasteiger partial charge in [-0.05, 0) is 24.6 Å². The van der Waals surface area contributed by atoms with Crippen LogP contribution in [0.4, 0.5) is 0 Å². The Kier molecular flexibility index (Phi) is 3.91. The number of hydrogen-bond acceptors (Lipinski definition) is 3. The second kappa shape index (κ2) is 5.42. The van der Waals surface area contributed by atoms with Crippen molar-refractivity contribution >= 4 is 15.9 Å². The van der Waals surface area contributed by atoms with Gasteiger partial charge in [-0.3, -0.25) is 0 Å². The Morgan fingerprint density at radius 2 is 2.06 bits per heavy atom. The first-order valence-corrected chi connectivity index (χ1v) is 6.39. The van der Waals surface area contributed by atoms with Crippen LogP contribution in [-0.4, -0.2) is 14.8 Å². The fraction of sp³-hybridized carbons (Fsp3) is 0.333. The van der Waals surface area contributed by atoms with E-state index in [2.05, 4.69) is 49.8 Å². The molecule has 0 aliphatic rings. The van der Waals surface area contributed by atoms with Crippen molar-refractivity contribution in [2.45, 2.75) is 26.4 Å². The highest BCUT2D eigenvalue weighted by molar-refractivity contribution is 9.10. The smallest absolute Gasteiger partial charge is 0.146 e. The summed E-state index contributed by atoms with van der Waals surface area (Å²) in [6.07, 6.45) is 0.778. The number of halogens is 1. The topological polar surface area (TPSA) is 56.7 Å². The standard InChI is InChI=1S/C12H15BrN4/c1-2-17-11(15-16-12(17)8-14)7-9-4-3-5-10(13)6-9/h3-6H,2,7-8,14H2,1H3. The third-order valence-electron chi connectivity index (χ3n) is 2.65. The molecule has 0 aliphatic carbocycles. The molecule has 0 unspecified atom stereocenters. The van der Waals surface area contributed by atoms with Gasteiger partial charge in [0.05, 0.1) is 6.54 Å². The summed E-state index contributed by atoms with van der Waals surface area (Å²) in [5, 5.41) is 8.30. The molecule has 5 heteroatoms. The average Bonchev–Trinajstić information content (AvgIpc) is 2.71. The molecule has 4 nitrogen and oxygen atoms in total. The van der Waals surface area contributed by atoms with E-state index in [1.807, 2.05) is 12.1 Å². The van der Waals surface area contributed by atoms with Crippen LogP contribution >= 0.6 is 15.9 Å². The second-order valence-electron chi connectivity index (χ2n) is 3.79. The number of nitrogens with zero attached hydrogens (tertiary/aromatic N) is 3. The first-order chi connectivity index (χ1) is 8.24. The molecule has 0 aliphatic heterocycles. The van der Waals surface area contributed by atoms with Crippen LogP contribution in [0.25, 0.3) is 0 Å². The van der Waals surface area contributed by atoms with Crippen LogP contribution in [0, 0.1) is 0 Å². The molecule has 0 saturated heterocycles. The Hall–Kier alpha value is -1.20. The van der Waals surface area contributed by atoms with E-state index in [1.165, 1.54) is 5.56 Å². The number of nitrogens with two attached hydrogens (primary N) is 1. The molecule has 90 valence electrons. The largest absolute Gasteiger partial charge is 0.324 e. The zero-order chi connectivity index (χ0) is 12.3. The van der Waals surface area contributed by atoms with Gasteiger partial charge in [0, 0.05) is 17.4 Å². The van der Waals surface area contributed by atoms with E-state index in [-0.39, 0.29) is 0 Å². The van der Waals surface area contributed by atoms with Gasteiger partial charge in [-0.25, -0.2) is 0 Å². The predicted octanol–water partition coefficient (Wildman–Crippen LogP) is 2.11. The average molecular weight is 295 g/mol. The van der Waals surface area contributed by atoms with E-state index in [1.54, 1.807) is 0 Å². The maximum atomic E-state index is 5.63.